The van der Waals surface area contributed by atoms with Crippen molar-refractivity contribution >= 4 is 39.5 Å². The van der Waals surface area contributed by atoms with Gasteiger partial charge in [0.15, 0.2) is 11.6 Å². The largest absolute Gasteiger partial charge is 0.493 e. The highest BCUT2D eigenvalue weighted by Gasteiger charge is 2.60. The second-order valence-corrected chi connectivity index (χ2v) is 12.2. The van der Waals surface area contributed by atoms with Crippen LogP contribution in [0.4, 0.5) is 27.6 Å². The number of ether oxygens (including phenoxy) is 1. The molecule has 1 aliphatic heterocycles. The van der Waals surface area contributed by atoms with Crippen molar-refractivity contribution in [3.63, 3.8) is 0 Å². The molecular weight excluding hydrogens is 559 g/mol. The Morgan fingerprint density at radius 1 is 1.21 bits per heavy atom. The zero-order chi connectivity index (χ0) is 28.6. The highest BCUT2D eigenvalue weighted by Crippen LogP contribution is 2.59. The molecule has 208 valence electrons. The van der Waals surface area contributed by atoms with Crippen LogP contribution in [-0.2, 0) is 15.0 Å². The summed E-state index contributed by atoms with van der Waals surface area (Å²) < 4.78 is 98.8. The Morgan fingerprint density at radius 3 is 2.45 bits per heavy atom. The number of amides is 2. The van der Waals surface area contributed by atoms with Crippen molar-refractivity contribution in [3.05, 3.63) is 53.4 Å². The number of nitrogens with one attached hydrogen (secondary N) is 2. The Bertz CT molecular complexity index is 1360. The van der Waals surface area contributed by atoms with Crippen molar-refractivity contribution in [2.75, 3.05) is 26.5 Å². The van der Waals surface area contributed by atoms with E-state index < -0.39 is 73.6 Å². The summed E-state index contributed by atoms with van der Waals surface area (Å²) in [5, 5.41) is 0.971. The molecule has 3 atom stereocenters. The Labute approximate surface area is 219 Å². The number of anilines is 1. The first kappa shape index (κ1) is 29.6. The summed E-state index contributed by atoms with van der Waals surface area (Å²) in [6, 6.07) is 4.09. The smallest absolute Gasteiger partial charge is 0.403 e. The lowest BCUT2D eigenvalue weighted by molar-refractivity contribution is -0.155. The second kappa shape index (κ2) is 10.6. The van der Waals surface area contributed by atoms with Crippen LogP contribution < -0.4 is 14.8 Å². The number of methoxy groups -OCH3 is 1. The number of aromatic nitrogens is 1. The van der Waals surface area contributed by atoms with Gasteiger partial charge in [0.2, 0.25) is 11.7 Å². The summed E-state index contributed by atoms with van der Waals surface area (Å²) in [5.41, 5.74) is -0.573. The summed E-state index contributed by atoms with van der Waals surface area (Å²) in [5.74, 6) is -6.53. The molecule has 38 heavy (non-hydrogen) atoms. The van der Waals surface area contributed by atoms with E-state index in [2.05, 4.69) is 10.3 Å². The Kier molecular flexibility index (Phi) is 8.29. The standard InChI is InChI=1S/C22H23F5N4O5S2/c1-21(22(25,26)27)10-13(12-5-6-14(23)16(24)17(12)36-4)18(37-21)20(33)29-11-7-8-28-15(9-11)19(32)30-38(34,35)31(2)3/h5-9,13,18H,10H2,1-4H3,(H,30,32)(H,28,29,33)/t13-,18+,21+/m0/s1. The van der Waals surface area contributed by atoms with Crippen molar-refractivity contribution in [2.45, 2.75) is 35.4 Å². The summed E-state index contributed by atoms with van der Waals surface area (Å²) in [6.07, 6.45) is -4.28. The first-order chi connectivity index (χ1) is 17.5. The normalized spacial score (nSPS) is 21.8. The number of carbonyl (C=O) groups is 2. The molecule has 0 unspecified atom stereocenters. The molecule has 0 spiro atoms. The first-order valence-electron chi connectivity index (χ1n) is 10.8. The molecule has 0 saturated carbocycles. The molecule has 2 aromatic rings. The first-order valence-corrected chi connectivity index (χ1v) is 13.1. The number of halogens is 5. The van der Waals surface area contributed by atoms with E-state index in [1.165, 1.54) is 20.2 Å². The number of hydrogen-bond donors (Lipinski definition) is 2. The van der Waals surface area contributed by atoms with E-state index >= 15 is 0 Å². The van der Waals surface area contributed by atoms with Crippen LogP contribution >= 0.6 is 11.8 Å². The van der Waals surface area contributed by atoms with E-state index in [9.17, 15) is 40.0 Å². The molecule has 9 nitrogen and oxygen atoms in total. The fourth-order valence-electron chi connectivity index (χ4n) is 3.78. The zero-order valence-corrected chi connectivity index (χ0v) is 22.0. The van der Waals surface area contributed by atoms with Gasteiger partial charge < -0.3 is 10.1 Å². The van der Waals surface area contributed by atoms with Crippen LogP contribution in [0.5, 0.6) is 5.75 Å². The number of nitrogens with zero attached hydrogens (tertiary/aromatic N) is 2. The minimum absolute atomic E-state index is 0.0605. The van der Waals surface area contributed by atoms with Gasteiger partial charge in [-0.25, -0.2) is 9.11 Å². The lowest BCUT2D eigenvalue weighted by atomic mass is 9.85. The molecule has 0 radical (unpaired) electrons. The Morgan fingerprint density at radius 2 is 1.87 bits per heavy atom. The lowest BCUT2D eigenvalue weighted by Crippen LogP contribution is -2.39. The maximum Gasteiger partial charge on any atom is 0.403 e. The van der Waals surface area contributed by atoms with Gasteiger partial charge in [0.25, 0.3) is 5.91 Å². The van der Waals surface area contributed by atoms with E-state index in [-0.39, 0.29) is 11.3 Å². The molecular formula is C22H23F5N4O5S2. The van der Waals surface area contributed by atoms with Gasteiger partial charge in [-0.15, -0.1) is 11.8 Å². The monoisotopic (exact) mass is 582 g/mol. The quantitative estimate of drug-likeness (QED) is 0.481. The van der Waals surface area contributed by atoms with E-state index in [0.717, 1.165) is 42.7 Å². The minimum atomic E-state index is -4.74. The summed E-state index contributed by atoms with van der Waals surface area (Å²) in [6.45, 7) is 0.907. The highest BCUT2D eigenvalue weighted by atomic mass is 32.2. The molecule has 1 fully saturated rings. The molecule has 1 aliphatic rings. The number of hydrogen-bond acceptors (Lipinski definition) is 7. The molecule has 1 saturated heterocycles. The average Bonchev–Trinajstić information content (AvgIpc) is 3.19. The molecule has 0 bridgehead atoms. The molecule has 2 N–H and O–H groups in total. The average molecular weight is 583 g/mol. The van der Waals surface area contributed by atoms with Crippen LogP contribution in [0.3, 0.4) is 0 Å². The fraction of sp³-hybridized carbons (Fsp3) is 0.409. The van der Waals surface area contributed by atoms with Crippen molar-refractivity contribution in [3.8, 4) is 5.75 Å². The number of carbonyl (C=O) groups excluding carboxylic acids is 2. The van der Waals surface area contributed by atoms with Crippen LogP contribution in [0, 0.1) is 11.6 Å². The van der Waals surface area contributed by atoms with Crippen LogP contribution in [0.1, 0.15) is 35.3 Å². The van der Waals surface area contributed by atoms with Crippen molar-refractivity contribution in [1.82, 2.24) is 14.0 Å². The Balaban J connectivity index is 1.94. The summed E-state index contributed by atoms with van der Waals surface area (Å²) in [7, 11) is -0.743. The van der Waals surface area contributed by atoms with Gasteiger partial charge in [-0.1, -0.05) is 6.07 Å². The van der Waals surface area contributed by atoms with E-state index in [1.807, 2.05) is 0 Å². The van der Waals surface area contributed by atoms with Crippen LogP contribution in [-0.4, -0.2) is 66.9 Å². The SMILES string of the molecule is COc1c([C@@H]2C[C@](C)(C(F)(F)F)S[C@H]2C(=O)Nc2ccnc(C(=O)NS(=O)(=O)N(C)C)c2)ccc(F)c1F. The van der Waals surface area contributed by atoms with Crippen LogP contribution in [0.25, 0.3) is 0 Å². The topological polar surface area (TPSA) is 118 Å². The van der Waals surface area contributed by atoms with Gasteiger partial charge in [0.05, 0.1) is 12.4 Å². The summed E-state index contributed by atoms with van der Waals surface area (Å²) >= 11 is 0.312. The molecule has 3 rings (SSSR count). The molecule has 1 aromatic heterocycles. The van der Waals surface area contributed by atoms with Crippen molar-refractivity contribution < 1.29 is 44.7 Å². The molecule has 2 amide bonds. The van der Waals surface area contributed by atoms with Gasteiger partial charge in [0, 0.05) is 37.5 Å². The van der Waals surface area contributed by atoms with Gasteiger partial charge in [-0.3, -0.25) is 14.6 Å². The second-order valence-electron chi connectivity index (χ2n) is 8.70. The molecule has 0 aliphatic carbocycles. The van der Waals surface area contributed by atoms with Gasteiger partial charge >= 0.3 is 16.4 Å². The van der Waals surface area contributed by atoms with Crippen LogP contribution in [0.2, 0.25) is 0 Å². The number of thioether (sulfide) groups is 1. The Hall–Kier alpha value is -2.98. The van der Waals surface area contributed by atoms with E-state index in [1.54, 1.807) is 4.72 Å². The predicted octanol–water partition coefficient (Wildman–Crippen LogP) is 3.45. The number of rotatable bonds is 7. The fourth-order valence-corrected chi connectivity index (χ4v) is 5.85. The van der Waals surface area contributed by atoms with Crippen molar-refractivity contribution in [1.29, 1.82) is 0 Å². The molecule has 16 heteroatoms. The number of alkyl halides is 3. The predicted molar refractivity (Wildman–Crippen MR) is 129 cm³/mol. The minimum Gasteiger partial charge on any atom is -0.493 e. The number of pyridine rings is 1. The summed E-state index contributed by atoms with van der Waals surface area (Å²) in [4.78, 5) is 29.3. The van der Waals surface area contributed by atoms with Gasteiger partial charge in [-0.05, 0) is 31.5 Å². The van der Waals surface area contributed by atoms with Crippen LogP contribution in [0.15, 0.2) is 30.5 Å². The van der Waals surface area contributed by atoms with E-state index in [0.29, 0.717) is 11.8 Å². The maximum atomic E-state index is 14.4. The third-order valence-corrected chi connectivity index (χ3v) is 8.99. The van der Waals surface area contributed by atoms with Gasteiger partial charge in [-0.2, -0.15) is 30.3 Å². The zero-order valence-electron chi connectivity index (χ0n) is 20.4. The highest BCUT2D eigenvalue weighted by molar-refractivity contribution is 8.02. The lowest BCUT2D eigenvalue weighted by Gasteiger charge is -2.26. The number of benzene rings is 1. The van der Waals surface area contributed by atoms with Gasteiger partial charge in [0.1, 0.15) is 10.4 Å². The van der Waals surface area contributed by atoms with E-state index in [4.69, 9.17) is 4.74 Å². The maximum absolute atomic E-state index is 14.4. The third-order valence-electron chi connectivity index (χ3n) is 5.87. The molecule has 2 heterocycles. The molecule has 1 aromatic carbocycles. The van der Waals surface area contributed by atoms with Crippen molar-refractivity contribution in [2.24, 2.45) is 0 Å². The third kappa shape index (κ3) is 5.86.